The van der Waals surface area contributed by atoms with Crippen LogP contribution in [0.15, 0.2) is 102 Å². The Morgan fingerprint density at radius 2 is 1.42 bits per heavy atom. The highest BCUT2D eigenvalue weighted by atomic mass is 35.5. The van der Waals surface area contributed by atoms with E-state index in [0.29, 0.717) is 136 Å². The van der Waals surface area contributed by atoms with E-state index in [1.807, 2.05) is 71.3 Å². The zero-order valence-corrected chi connectivity index (χ0v) is 54.2. The van der Waals surface area contributed by atoms with Crippen LogP contribution < -0.4 is 15.2 Å². The number of amidine groups is 1. The van der Waals surface area contributed by atoms with E-state index in [1.54, 1.807) is 30.8 Å². The lowest BCUT2D eigenvalue weighted by Crippen LogP contribution is -2.60. The summed E-state index contributed by atoms with van der Waals surface area (Å²) in [6.45, 7) is 21.1. The number of halogens is 3. The first-order valence-electron chi connectivity index (χ1n) is 30.7. The van der Waals surface area contributed by atoms with E-state index in [1.165, 1.54) is 23.1 Å². The molecule has 2 N–H and O–H groups in total. The number of Topliss-reactive ketones (excluding diaryl/α,β-unsaturated/α-hetero) is 1. The second-order valence-electron chi connectivity index (χ2n) is 24.0. The lowest BCUT2D eigenvalue weighted by Gasteiger charge is -2.47. The van der Waals surface area contributed by atoms with Gasteiger partial charge in [-0.15, -0.1) is 0 Å². The Balaban J connectivity index is 0.687. The predicted molar refractivity (Wildman–Crippen MR) is 344 cm³/mol. The van der Waals surface area contributed by atoms with Crippen LogP contribution in [-0.4, -0.2) is 157 Å². The number of urea groups is 1. The lowest BCUT2D eigenvalue weighted by molar-refractivity contribution is -0.120. The van der Waals surface area contributed by atoms with Crippen molar-refractivity contribution in [2.45, 2.75) is 103 Å². The van der Waals surface area contributed by atoms with Gasteiger partial charge in [0, 0.05) is 80.3 Å². The number of rotatable bonds is 24. The molecule has 5 heterocycles. The van der Waals surface area contributed by atoms with Crippen LogP contribution >= 0.6 is 23.2 Å². The Bertz CT molecular complexity index is 3590. The SMILES string of the molecule is CCOc1cc(C(C)(C)C)ccc1C1=N[C@](C)(c2ccc(Cl)cc2)[C@](C)(c2ccc(Cl)cc2)N1C(=O)N1CCN(CCOCCOCCOCCOCCC(=O)CCCn2nc(C#N)c3c2CN(C)C(=O)c2ccc(F)cc2[C@@H](C)Oc2nc-3ccc2N)CC1. The number of amides is 3. The van der Waals surface area contributed by atoms with E-state index >= 15 is 4.79 Å². The van der Waals surface area contributed by atoms with Gasteiger partial charge in [-0.2, -0.15) is 10.4 Å². The quantitative estimate of drug-likeness (QED) is 0.0559. The fourth-order valence-electron chi connectivity index (χ4n) is 11.7. The molecular weight excluding hydrogens is 1190 g/mol. The number of ketones is 1. The number of piperazine rings is 1. The van der Waals surface area contributed by atoms with E-state index in [2.05, 4.69) is 67.8 Å². The van der Waals surface area contributed by atoms with Gasteiger partial charge in [-0.3, -0.25) is 29.1 Å². The van der Waals surface area contributed by atoms with Crippen molar-refractivity contribution in [3.63, 3.8) is 0 Å². The molecule has 6 aromatic rings. The summed E-state index contributed by atoms with van der Waals surface area (Å²) in [4.78, 5) is 60.2. The van der Waals surface area contributed by atoms with Gasteiger partial charge < -0.3 is 44.0 Å². The van der Waals surface area contributed by atoms with Gasteiger partial charge in [-0.1, -0.05) is 74.3 Å². The fraction of sp³-hybridized carbons (Fsp3) is 0.456. The Labute approximate surface area is 536 Å². The summed E-state index contributed by atoms with van der Waals surface area (Å²) in [6, 6.07) is 30.8. The van der Waals surface area contributed by atoms with Crippen LogP contribution in [0.5, 0.6) is 11.6 Å². The van der Waals surface area contributed by atoms with E-state index in [0.717, 1.165) is 22.3 Å². The molecule has 1 fully saturated rings. The summed E-state index contributed by atoms with van der Waals surface area (Å²) in [6.07, 6.45) is 0.0817. The minimum absolute atomic E-state index is 0.00105. The molecule has 90 heavy (non-hydrogen) atoms. The minimum atomic E-state index is -1.03. The third-order valence-electron chi connectivity index (χ3n) is 17.0. The first kappa shape index (κ1) is 66.9. The Kier molecular flexibility index (Phi) is 22.0. The fourth-order valence-corrected chi connectivity index (χ4v) is 11.9. The van der Waals surface area contributed by atoms with Crippen LogP contribution in [0.2, 0.25) is 10.0 Å². The van der Waals surface area contributed by atoms with Crippen LogP contribution in [0, 0.1) is 17.1 Å². The molecule has 4 aromatic carbocycles. The second-order valence-corrected chi connectivity index (χ2v) is 24.9. The standard InChI is InChI=1S/C68H81Cl2FN10O9/c1-9-89-60-41-48(66(3,4)5)16-22-54(60)62-75-67(6,46-12-17-49(69)18-13-46)68(7,47-14-19-50(70)20-15-47)81(62)65(84)79-30-28-78(29-31-79)32-34-86-36-38-88-40-39-87-37-35-85-33-26-52(82)11-10-27-80-59-44-77(8)64(83)53-23-21-51(71)42-55(53)45(2)90-63-56(73)24-25-57(74-63)61(59)58(43-72)76-80/h12-25,41-42,45H,9-11,26-40,44,73H2,1-8H3/t45-,67-,68+/m1/s1. The van der Waals surface area contributed by atoms with Gasteiger partial charge in [-0.05, 0) is 123 Å². The largest absolute Gasteiger partial charge is 0.493 e. The number of nitrogen functional groups attached to an aromatic ring is 1. The number of carbonyl (C=O) groups is 3. The first-order valence-corrected chi connectivity index (χ1v) is 31.4. The van der Waals surface area contributed by atoms with Crippen LogP contribution in [0.4, 0.5) is 14.9 Å². The van der Waals surface area contributed by atoms with Crippen molar-refractivity contribution in [2.75, 3.05) is 105 Å². The molecular formula is C68H81Cl2FN10O9. The molecule has 22 heteroatoms. The number of hydrogen-bond donors (Lipinski definition) is 1. The molecule has 9 rings (SSSR count). The van der Waals surface area contributed by atoms with Gasteiger partial charge in [0.25, 0.3) is 5.91 Å². The van der Waals surface area contributed by atoms with E-state index in [9.17, 15) is 19.2 Å². The zero-order chi connectivity index (χ0) is 64.3. The molecule has 19 nitrogen and oxygen atoms in total. The molecule has 0 saturated carbocycles. The highest BCUT2D eigenvalue weighted by Crippen LogP contribution is 2.54. The van der Waals surface area contributed by atoms with Crippen molar-refractivity contribution in [2.24, 2.45) is 4.99 Å². The maximum atomic E-state index is 15.5. The number of nitrogens with zero attached hydrogens (tertiary/aromatic N) is 9. The molecule has 3 atom stereocenters. The number of hydrogen-bond acceptors (Lipinski definition) is 15. The summed E-state index contributed by atoms with van der Waals surface area (Å²) in [5, 5.41) is 16.0. The average Bonchev–Trinajstić information content (AvgIpc) is 1.52. The predicted octanol–water partition coefficient (Wildman–Crippen LogP) is 11.4. The molecule has 1 saturated heterocycles. The van der Waals surface area contributed by atoms with Crippen molar-refractivity contribution in [1.29, 1.82) is 5.26 Å². The maximum absolute atomic E-state index is 15.5. The third-order valence-corrected chi connectivity index (χ3v) is 17.5. The molecule has 0 unspecified atom stereocenters. The van der Waals surface area contributed by atoms with E-state index in [4.69, 9.17) is 62.3 Å². The van der Waals surface area contributed by atoms with Gasteiger partial charge in [0.1, 0.15) is 46.4 Å². The van der Waals surface area contributed by atoms with Gasteiger partial charge >= 0.3 is 6.03 Å². The Morgan fingerprint density at radius 3 is 2.06 bits per heavy atom. The topological polar surface area (TPSA) is 212 Å². The van der Waals surface area contributed by atoms with Gasteiger partial charge in [0.2, 0.25) is 5.88 Å². The first-order chi connectivity index (χ1) is 43.1. The van der Waals surface area contributed by atoms with Crippen LogP contribution in [-0.2, 0) is 53.3 Å². The molecule has 3 aliphatic heterocycles. The number of anilines is 1. The van der Waals surface area contributed by atoms with Crippen molar-refractivity contribution >= 4 is 52.4 Å². The summed E-state index contributed by atoms with van der Waals surface area (Å²) < 4.78 is 51.7. The van der Waals surface area contributed by atoms with Crippen molar-refractivity contribution in [3.8, 4) is 29.0 Å². The smallest absolute Gasteiger partial charge is 0.326 e. The number of aliphatic imine (C=N–C) groups is 1. The maximum Gasteiger partial charge on any atom is 0.326 e. The van der Waals surface area contributed by atoms with E-state index in [-0.39, 0.29) is 78.5 Å². The molecule has 478 valence electrons. The molecule has 3 amide bonds. The van der Waals surface area contributed by atoms with E-state index < -0.39 is 23.0 Å². The lowest BCUT2D eigenvalue weighted by atomic mass is 9.71. The monoisotopic (exact) mass is 1270 g/mol. The normalized spacial score (nSPS) is 18.7. The highest BCUT2D eigenvalue weighted by Gasteiger charge is 2.60. The number of carbonyl (C=O) groups excluding carboxylic acids is 3. The number of pyridine rings is 1. The number of aryl methyl sites for hydroxylation is 1. The summed E-state index contributed by atoms with van der Waals surface area (Å²) in [5.41, 5.74) is 9.93. The molecule has 2 aromatic heterocycles. The highest BCUT2D eigenvalue weighted by molar-refractivity contribution is 6.30. The number of nitriles is 1. The van der Waals surface area contributed by atoms with Gasteiger partial charge in [0.15, 0.2) is 5.69 Å². The Hall–Kier alpha value is -7.48. The van der Waals surface area contributed by atoms with Crippen molar-refractivity contribution in [3.05, 3.63) is 158 Å². The number of aromatic nitrogens is 3. The number of fused-ring (bicyclic) bond motifs is 5. The number of nitrogens with two attached hydrogens (primary N) is 1. The summed E-state index contributed by atoms with van der Waals surface area (Å²) in [7, 11) is 1.62. The molecule has 0 radical (unpaired) electrons. The molecule has 0 aliphatic carbocycles. The molecule has 0 spiro atoms. The van der Waals surface area contributed by atoms with Crippen LogP contribution in [0.3, 0.4) is 0 Å². The third kappa shape index (κ3) is 15.1. The van der Waals surface area contributed by atoms with Gasteiger partial charge in [-0.25, -0.2) is 14.2 Å². The van der Waals surface area contributed by atoms with Crippen molar-refractivity contribution in [1.82, 2.24) is 34.4 Å². The van der Waals surface area contributed by atoms with Crippen LogP contribution in [0.1, 0.15) is 123 Å². The van der Waals surface area contributed by atoms with Gasteiger partial charge in [0.05, 0.1) is 94.2 Å². The second kappa shape index (κ2) is 29.6. The summed E-state index contributed by atoms with van der Waals surface area (Å²) in [5.74, 6) is 0.347. The number of ether oxygens (including phenoxy) is 6. The summed E-state index contributed by atoms with van der Waals surface area (Å²) >= 11 is 13.0. The van der Waals surface area contributed by atoms with Crippen molar-refractivity contribution < 1.29 is 47.2 Å². The Morgan fingerprint density at radius 1 is 0.800 bits per heavy atom. The zero-order valence-electron chi connectivity index (χ0n) is 52.7. The minimum Gasteiger partial charge on any atom is -0.493 e. The number of benzene rings is 4. The molecule has 3 aliphatic rings. The average molecular weight is 1270 g/mol. The van der Waals surface area contributed by atoms with Crippen LogP contribution in [0.25, 0.3) is 11.3 Å². The molecule has 2 bridgehead atoms.